The van der Waals surface area contributed by atoms with E-state index < -0.39 is 0 Å². The van der Waals surface area contributed by atoms with Crippen molar-refractivity contribution in [2.45, 2.75) is 52.9 Å². The highest BCUT2D eigenvalue weighted by Crippen LogP contribution is 2.20. The lowest BCUT2D eigenvalue weighted by molar-refractivity contribution is -0.147. The maximum atomic E-state index is 12.3. The summed E-state index contributed by atoms with van der Waals surface area (Å²) < 4.78 is 12.8. The van der Waals surface area contributed by atoms with Gasteiger partial charge >= 0.3 is 0 Å². The standard InChI is InChI=1S/C16H23N5O3/c1-10-5-11(2)21(19-10)12(3)6-16(22)20-7-14(8-20)23-9-15-18-17-13(4)24-15/h5,12,14H,6-9H2,1-4H3. The summed E-state index contributed by atoms with van der Waals surface area (Å²) >= 11 is 0. The highest BCUT2D eigenvalue weighted by Gasteiger charge is 2.32. The molecule has 1 aliphatic rings. The van der Waals surface area contributed by atoms with Crippen LogP contribution in [-0.2, 0) is 16.1 Å². The van der Waals surface area contributed by atoms with E-state index in [1.165, 1.54) is 0 Å². The molecule has 0 radical (unpaired) electrons. The lowest BCUT2D eigenvalue weighted by atomic mass is 10.1. The molecule has 1 saturated heterocycles. The third-order valence-corrected chi connectivity index (χ3v) is 4.14. The van der Waals surface area contributed by atoms with E-state index in [4.69, 9.17) is 9.15 Å². The summed E-state index contributed by atoms with van der Waals surface area (Å²) in [5.41, 5.74) is 2.05. The maximum absolute atomic E-state index is 12.3. The zero-order chi connectivity index (χ0) is 17.3. The Morgan fingerprint density at radius 2 is 2.12 bits per heavy atom. The maximum Gasteiger partial charge on any atom is 0.242 e. The van der Waals surface area contributed by atoms with Gasteiger partial charge in [-0.25, -0.2) is 0 Å². The number of carbonyl (C=O) groups is 1. The molecule has 0 N–H and O–H groups in total. The predicted octanol–water partition coefficient (Wildman–Crippen LogP) is 1.57. The van der Waals surface area contributed by atoms with Gasteiger partial charge in [0.05, 0.1) is 17.8 Å². The van der Waals surface area contributed by atoms with Gasteiger partial charge in [0.1, 0.15) is 6.61 Å². The van der Waals surface area contributed by atoms with Crippen LogP contribution in [0.3, 0.4) is 0 Å². The molecule has 0 aromatic carbocycles. The third kappa shape index (κ3) is 3.64. The van der Waals surface area contributed by atoms with E-state index in [9.17, 15) is 4.79 Å². The Labute approximate surface area is 140 Å². The molecule has 130 valence electrons. The number of hydrogen-bond donors (Lipinski definition) is 0. The van der Waals surface area contributed by atoms with Gasteiger partial charge < -0.3 is 14.1 Å². The van der Waals surface area contributed by atoms with Gasteiger partial charge in [-0.15, -0.1) is 10.2 Å². The highest BCUT2D eigenvalue weighted by molar-refractivity contribution is 5.77. The van der Waals surface area contributed by atoms with Crippen LogP contribution in [0.15, 0.2) is 10.5 Å². The van der Waals surface area contributed by atoms with E-state index in [1.54, 1.807) is 6.92 Å². The first-order chi connectivity index (χ1) is 11.4. The fraction of sp³-hybridized carbons (Fsp3) is 0.625. The number of likely N-dealkylation sites (tertiary alicyclic amines) is 1. The van der Waals surface area contributed by atoms with Gasteiger partial charge in [0.25, 0.3) is 0 Å². The number of amides is 1. The first kappa shape index (κ1) is 16.6. The molecule has 8 heteroatoms. The van der Waals surface area contributed by atoms with E-state index in [2.05, 4.69) is 15.3 Å². The van der Waals surface area contributed by atoms with E-state index in [0.717, 1.165) is 11.4 Å². The Bertz CT molecular complexity index is 717. The topological polar surface area (TPSA) is 86.3 Å². The van der Waals surface area contributed by atoms with Crippen molar-refractivity contribution in [3.05, 3.63) is 29.2 Å². The van der Waals surface area contributed by atoms with Crippen LogP contribution in [0.1, 0.15) is 42.6 Å². The van der Waals surface area contributed by atoms with Crippen LogP contribution >= 0.6 is 0 Å². The van der Waals surface area contributed by atoms with Crippen LogP contribution in [-0.4, -0.2) is 50.0 Å². The predicted molar refractivity (Wildman–Crippen MR) is 85.2 cm³/mol. The summed E-state index contributed by atoms with van der Waals surface area (Å²) in [6, 6.07) is 2.07. The number of carbonyl (C=O) groups excluding carboxylic acids is 1. The van der Waals surface area contributed by atoms with Crippen molar-refractivity contribution in [1.29, 1.82) is 0 Å². The second-order valence-electron chi connectivity index (χ2n) is 6.37. The van der Waals surface area contributed by atoms with Gasteiger partial charge in [-0.1, -0.05) is 0 Å². The molecule has 1 unspecified atom stereocenters. The van der Waals surface area contributed by atoms with Crippen molar-refractivity contribution < 1.29 is 13.9 Å². The molecule has 1 fully saturated rings. The first-order valence-corrected chi connectivity index (χ1v) is 8.13. The van der Waals surface area contributed by atoms with Crippen LogP contribution in [0.4, 0.5) is 0 Å². The minimum Gasteiger partial charge on any atom is -0.423 e. The SMILES string of the molecule is Cc1cc(C)n(C(C)CC(=O)N2CC(OCc3nnc(C)o3)C2)n1. The molecule has 0 saturated carbocycles. The molecule has 1 amide bonds. The summed E-state index contributed by atoms with van der Waals surface area (Å²) in [6.07, 6.45) is 0.475. The van der Waals surface area contributed by atoms with Crippen molar-refractivity contribution >= 4 is 5.91 Å². The molecule has 24 heavy (non-hydrogen) atoms. The number of rotatable bonds is 6. The lowest BCUT2D eigenvalue weighted by Crippen LogP contribution is -2.55. The van der Waals surface area contributed by atoms with Crippen LogP contribution in [0.25, 0.3) is 0 Å². The zero-order valence-corrected chi connectivity index (χ0v) is 14.5. The normalized spacial score (nSPS) is 16.2. The number of aromatic nitrogens is 4. The van der Waals surface area contributed by atoms with E-state index >= 15 is 0 Å². The molecule has 3 rings (SSSR count). The largest absolute Gasteiger partial charge is 0.423 e. The molecule has 1 aliphatic heterocycles. The molecule has 0 spiro atoms. The van der Waals surface area contributed by atoms with Gasteiger partial charge in [0.15, 0.2) is 0 Å². The summed E-state index contributed by atoms with van der Waals surface area (Å²) in [5.74, 6) is 1.12. The van der Waals surface area contributed by atoms with Crippen LogP contribution in [0.5, 0.6) is 0 Å². The summed E-state index contributed by atoms with van der Waals surface area (Å²) in [5, 5.41) is 12.1. The van der Waals surface area contributed by atoms with Gasteiger partial charge in [0, 0.05) is 32.1 Å². The van der Waals surface area contributed by atoms with Crippen molar-refractivity contribution in [1.82, 2.24) is 24.9 Å². The minimum atomic E-state index is 0.0325. The van der Waals surface area contributed by atoms with E-state index in [0.29, 0.717) is 31.3 Å². The average molecular weight is 333 g/mol. The van der Waals surface area contributed by atoms with Crippen molar-refractivity contribution in [2.24, 2.45) is 0 Å². The van der Waals surface area contributed by atoms with Gasteiger partial charge in [-0.3, -0.25) is 9.48 Å². The Balaban J connectivity index is 1.42. The Kier molecular flexibility index (Phi) is 4.66. The quantitative estimate of drug-likeness (QED) is 0.797. The fourth-order valence-electron chi connectivity index (χ4n) is 2.89. The van der Waals surface area contributed by atoms with Gasteiger partial charge in [-0.2, -0.15) is 5.10 Å². The monoisotopic (exact) mass is 333 g/mol. The molecule has 8 nitrogen and oxygen atoms in total. The first-order valence-electron chi connectivity index (χ1n) is 8.13. The Morgan fingerprint density at radius 3 is 2.71 bits per heavy atom. The minimum absolute atomic E-state index is 0.0325. The molecule has 2 aromatic rings. The number of nitrogens with zero attached hydrogens (tertiary/aromatic N) is 5. The summed E-state index contributed by atoms with van der Waals surface area (Å²) in [7, 11) is 0. The van der Waals surface area contributed by atoms with Crippen LogP contribution in [0, 0.1) is 20.8 Å². The van der Waals surface area contributed by atoms with Crippen molar-refractivity contribution in [3.8, 4) is 0 Å². The van der Waals surface area contributed by atoms with Crippen molar-refractivity contribution in [3.63, 3.8) is 0 Å². The van der Waals surface area contributed by atoms with Crippen LogP contribution < -0.4 is 0 Å². The fourth-order valence-corrected chi connectivity index (χ4v) is 2.89. The smallest absolute Gasteiger partial charge is 0.242 e. The second-order valence-corrected chi connectivity index (χ2v) is 6.37. The van der Waals surface area contributed by atoms with E-state index in [1.807, 2.05) is 36.4 Å². The molecular formula is C16H23N5O3. The molecule has 1 atom stereocenters. The van der Waals surface area contributed by atoms with E-state index in [-0.39, 0.29) is 24.7 Å². The van der Waals surface area contributed by atoms with Crippen molar-refractivity contribution in [2.75, 3.05) is 13.1 Å². The molecule has 2 aromatic heterocycles. The third-order valence-electron chi connectivity index (χ3n) is 4.14. The second kappa shape index (κ2) is 6.72. The molecule has 0 aliphatic carbocycles. The lowest BCUT2D eigenvalue weighted by Gasteiger charge is -2.39. The number of aryl methyl sites for hydroxylation is 3. The average Bonchev–Trinajstić information content (AvgIpc) is 3.02. The van der Waals surface area contributed by atoms with Gasteiger partial charge in [0.2, 0.25) is 17.7 Å². The Morgan fingerprint density at radius 1 is 1.38 bits per heavy atom. The summed E-state index contributed by atoms with van der Waals surface area (Å²) in [4.78, 5) is 14.2. The molecular weight excluding hydrogens is 310 g/mol. The highest BCUT2D eigenvalue weighted by atomic mass is 16.5. The van der Waals surface area contributed by atoms with Crippen LogP contribution in [0.2, 0.25) is 0 Å². The summed E-state index contributed by atoms with van der Waals surface area (Å²) in [6.45, 7) is 9.22. The number of ether oxygens (including phenoxy) is 1. The Hall–Kier alpha value is -2.22. The molecule has 0 bridgehead atoms. The zero-order valence-electron chi connectivity index (χ0n) is 14.5. The number of hydrogen-bond acceptors (Lipinski definition) is 6. The van der Waals surface area contributed by atoms with Gasteiger partial charge in [-0.05, 0) is 26.8 Å². The molecule has 3 heterocycles.